The quantitative estimate of drug-likeness (QED) is 0.896. The Balaban J connectivity index is 2.18. The highest BCUT2D eigenvalue weighted by atomic mass is 16.1. The molecule has 1 aromatic carbocycles. The third-order valence-corrected chi connectivity index (χ3v) is 2.58. The fourth-order valence-electron chi connectivity index (χ4n) is 1.70. The van der Waals surface area contributed by atoms with Gasteiger partial charge in [0.25, 0.3) is 5.91 Å². The van der Waals surface area contributed by atoms with Crippen LogP contribution in [0, 0.1) is 11.3 Å². The van der Waals surface area contributed by atoms with E-state index in [9.17, 15) is 4.79 Å². The van der Waals surface area contributed by atoms with Crippen molar-refractivity contribution in [1.82, 2.24) is 15.3 Å². The zero-order chi connectivity index (χ0) is 15.2. The van der Waals surface area contributed by atoms with Crippen molar-refractivity contribution in [3.8, 4) is 6.07 Å². The average molecular weight is 281 g/mol. The summed E-state index contributed by atoms with van der Waals surface area (Å²) < 4.78 is 0. The molecule has 6 heteroatoms. The lowest BCUT2D eigenvalue weighted by Crippen LogP contribution is -2.30. The molecule has 0 radical (unpaired) electrons. The summed E-state index contributed by atoms with van der Waals surface area (Å²) >= 11 is 0. The molecular formula is C15H15N5O. The van der Waals surface area contributed by atoms with Crippen LogP contribution in [0.3, 0.4) is 0 Å². The summed E-state index contributed by atoms with van der Waals surface area (Å²) in [6.07, 6.45) is 1.33. The molecule has 21 heavy (non-hydrogen) atoms. The number of nitriles is 1. The van der Waals surface area contributed by atoms with E-state index >= 15 is 0 Å². The van der Waals surface area contributed by atoms with Crippen LogP contribution in [0.4, 0.5) is 11.5 Å². The van der Waals surface area contributed by atoms with Crippen LogP contribution in [-0.2, 0) is 0 Å². The number of carbonyl (C=O) groups is 1. The lowest BCUT2D eigenvalue weighted by molar-refractivity contribution is 0.0938. The fraction of sp³-hybridized carbons (Fsp3) is 0.200. The largest absolute Gasteiger partial charge is 0.349 e. The van der Waals surface area contributed by atoms with Crippen LogP contribution in [0.1, 0.15) is 29.9 Å². The number of aromatic nitrogens is 2. The lowest BCUT2D eigenvalue weighted by Gasteiger charge is -2.09. The number of amides is 1. The van der Waals surface area contributed by atoms with Gasteiger partial charge in [-0.15, -0.1) is 0 Å². The minimum absolute atomic E-state index is 0.0381. The van der Waals surface area contributed by atoms with Crippen molar-refractivity contribution in [3.05, 3.63) is 47.9 Å². The van der Waals surface area contributed by atoms with Crippen LogP contribution in [0.25, 0.3) is 0 Å². The number of rotatable bonds is 4. The molecule has 2 aromatic rings. The van der Waals surface area contributed by atoms with Gasteiger partial charge in [-0.1, -0.05) is 6.07 Å². The van der Waals surface area contributed by atoms with E-state index in [0.717, 1.165) is 5.69 Å². The van der Waals surface area contributed by atoms with Crippen LogP contribution in [0.5, 0.6) is 0 Å². The summed E-state index contributed by atoms with van der Waals surface area (Å²) in [7, 11) is 0. The highest BCUT2D eigenvalue weighted by Gasteiger charge is 2.09. The van der Waals surface area contributed by atoms with Gasteiger partial charge < -0.3 is 10.6 Å². The standard InChI is InChI=1S/C15H15N5O/c1-10(2)19-15(21)13-7-14(18-9-17-13)20-12-5-3-4-11(6-12)8-16/h3-7,9-10H,1-2H3,(H,19,21)(H,17,18,20). The molecule has 0 spiro atoms. The number of benzene rings is 1. The second-order valence-electron chi connectivity index (χ2n) is 4.73. The summed E-state index contributed by atoms with van der Waals surface area (Å²) in [6, 6.07) is 10.7. The maximum absolute atomic E-state index is 11.9. The molecule has 0 saturated carbocycles. The Bertz CT molecular complexity index is 690. The van der Waals surface area contributed by atoms with E-state index in [0.29, 0.717) is 11.4 Å². The first-order valence-electron chi connectivity index (χ1n) is 6.48. The van der Waals surface area contributed by atoms with Crippen LogP contribution in [-0.4, -0.2) is 21.9 Å². The second kappa shape index (κ2) is 6.48. The zero-order valence-corrected chi connectivity index (χ0v) is 11.8. The molecule has 0 atom stereocenters. The number of nitrogens with one attached hydrogen (secondary N) is 2. The number of hydrogen-bond donors (Lipinski definition) is 2. The Morgan fingerprint density at radius 1 is 1.29 bits per heavy atom. The van der Waals surface area contributed by atoms with Crippen LogP contribution < -0.4 is 10.6 Å². The Hall–Kier alpha value is -2.94. The van der Waals surface area contributed by atoms with Gasteiger partial charge in [0.1, 0.15) is 17.8 Å². The van der Waals surface area contributed by atoms with E-state index in [4.69, 9.17) is 5.26 Å². The molecule has 2 N–H and O–H groups in total. The molecule has 0 aliphatic carbocycles. The van der Waals surface area contributed by atoms with Crippen molar-refractivity contribution >= 4 is 17.4 Å². The molecule has 0 unspecified atom stereocenters. The van der Waals surface area contributed by atoms with E-state index in [2.05, 4.69) is 26.7 Å². The maximum Gasteiger partial charge on any atom is 0.270 e. The van der Waals surface area contributed by atoms with Crippen molar-refractivity contribution in [2.24, 2.45) is 0 Å². The summed E-state index contributed by atoms with van der Waals surface area (Å²) in [5, 5.41) is 14.7. The average Bonchev–Trinajstić information content (AvgIpc) is 2.47. The molecule has 1 amide bonds. The molecule has 1 heterocycles. The molecule has 0 aliphatic heterocycles. The van der Waals surface area contributed by atoms with Crippen molar-refractivity contribution in [2.75, 3.05) is 5.32 Å². The summed E-state index contributed by atoms with van der Waals surface area (Å²) in [5.74, 6) is 0.246. The van der Waals surface area contributed by atoms with E-state index in [1.807, 2.05) is 19.9 Å². The van der Waals surface area contributed by atoms with Crippen molar-refractivity contribution in [3.63, 3.8) is 0 Å². The van der Waals surface area contributed by atoms with Gasteiger partial charge in [0, 0.05) is 17.8 Å². The lowest BCUT2D eigenvalue weighted by atomic mass is 10.2. The molecular weight excluding hydrogens is 266 g/mol. The first-order chi connectivity index (χ1) is 10.1. The predicted octanol–water partition coefficient (Wildman–Crippen LogP) is 2.23. The van der Waals surface area contributed by atoms with Gasteiger partial charge in [-0.05, 0) is 32.0 Å². The van der Waals surface area contributed by atoms with Crippen molar-refractivity contribution in [1.29, 1.82) is 5.26 Å². The predicted molar refractivity (Wildman–Crippen MR) is 79.1 cm³/mol. The Morgan fingerprint density at radius 3 is 2.81 bits per heavy atom. The fourth-order valence-corrected chi connectivity index (χ4v) is 1.70. The number of nitrogens with zero attached hydrogens (tertiary/aromatic N) is 3. The van der Waals surface area contributed by atoms with Gasteiger partial charge >= 0.3 is 0 Å². The second-order valence-corrected chi connectivity index (χ2v) is 4.73. The smallest absolute Gasteiger partial charge is 0.270 e. The van der Waals surface area contributed by atoms with Gasteiger partial charge in [0.15, 0.2) is 0 Å². The summed E-state index contributed by atoms with van der Waals surface area (Å²) in [5.41, 5.74) is 1.56. The van der Waals surface area contributed by atoms with Gasteiger partial charge in [0.2, 0.25) is 0 Å². The van der Waals surface area contributed by atoms with Crippen molar-refractivity contribution < 1.29 is 4.79 Å². The minimum Gasteiger partial charge on any atom is -0.349 e. The molecule has 0 bridgehead atoms. The number of anilines is 2. The molecule has 106 valence electrons. The molecule has 2 rings (SSSR count). The number of hydrogen-bond acceptors (Lipinski definition) is 5. The van der Waals surface area contributed by atoms with Crippen LogP contribution >= 0.6 is 0 Å². The highest BCUT2D eigenvalue weighted by molar-refractivity contribution is 5.93. The third-order valence-electron chi connectivity index (χ3n) is 2.58. The van der Waals surface area contributed by atoms with Gasteiger partial charge in [-0.3, -0.25) is 4.79 Å². The van der Waals surface area contributed by atoms with Crippen LogP contribution in [0.2, 0.25) is 0 Å². The monoisotopic (exact) mass is 281 g/mol. The Morgan fingerprint density at radius 2 is 2.10 bits per heavy atom. The molecule has 0 aliphatic rings. The summed E-state index contributed by atoms with van der Waals surface area (Å²) in [6.45, 7) is 3.76. The van der Waals surface area contributed by atoms with Gasteiger partial charge in [-0.25, -0.2) is 9.97 Å². The van der Waals surface area contributed by atoms with E-state index < -0.39 is 0 Å². The Kier molecular flexibility index (Phi) is 4.46. The zero-order valence-electron chi connectivity index (χ0n) is 11.8. The van der Waals surface area contributed by atoms with E-state index in [1.165, 1.54) is 6.33 Å². The number of carbonyl (C=O) groups excluding carboxylic acids is 1. The van der Waals surface area contributed by atoms with E-state index in [-0.39, 0.29) is 17.6 Å². The Labute approximate surface area is 122 Å². The topological polar surface area (TPSA) is 90.7 Å². The minimum atomic E-state index is -0.249. The third kappa shape index (κ3) is 4.01. The van der Waals surface area contributed by atoms with Gasteiger partial charge in [-0.2, -0.15) is 5.26 Å². The summed E-state index contributed by atoms with van der Waals surface area (Å²) in [4.78, 5) is 19.9. The first kappa shape index (κ1) is 14.5. The molecule has 1 aromatic heterocycles. The maximum atomic E-state index is 11.9. The molecule has 6 nitrogen and oxygen atoms in total. The van der Waals surface area contributed by atoms with E-state index in [1.54, 1.807) is 24.3 Å². The molecule has 0 saturated heterocycles. The normalized spacial score (nSPS) is 10.0. The molecule has 0 fully saturated rings. The van der Waals surface area contributed by atoms with Crippen molar-refractivity contribution in [2.45, 2.75) is 19.9 Å². The van der Waals surface area contributed by atoms with Gasteiger partial charge in [0.05, 0.1) is 11.6 Å². The van der Waals surface area contributed by atoms with Crippen LogP contribution in [0.15, 0.2) is 36.7 Å². The first-order valence-corrected chi connectivity index (χ1v) is 6.48. The highest BCUT2D eigenvalue weighted by Crippen LogP contribution is 2.15. The SMILES string of the molecule is CC(C)NC(=O)c1cc(Nc2cccc(C#N)c2)ncn1.